The van der Waals surface area contributed by atoms with Gasteiger partial charge in [0.1, 0.15) is 0 Å². The van der Waals surface area contributed by atoms with Crippen molar-refractivity contribution in [3.05, 3.63) is 69.8 Å². The van der Waals surface area contributed by atoms with Crippen LogP contribution < -0.4 is 0 Å². The summed E-state index contributed by atoms with van der Waals surface area (Å²) in [5, 5.41) is 3.76. The number of hydrogen-bond donors (Lipinski definition) is 0. The molecule has 2 aromatic carbocycles. The molecule has 2 aromatic rings. The van der Waals surface area contributed by atoms with Gasteiger partial charge in [-0.15, -0.1) is 0 Å². The molecule has 0 saturated heterocycles. The van der Waals surface area contributed by atoms with Gasteiger partial charge in [0.25, 0.3) is 0 Å². The maximum Gasteiger partial charge on any atom is 0.0283 e. The van der Waals surface area contributed by atoms with Crippen LogP contribution in [0.25, 0.3) is 0 Å². The van der Waals surface area contributed by atoms with E-state index in [2.05, 4.69) is 100 Å². The van der Waals surface area contributed by atoms with E-state index in [0.29, 0.717) is 0 Å². The Morgan fingerprint density at radius 2 is 0.607 bits per heavy atom. The van der Waals surface area contributed by atoms with E-state index >= 15 is 0 Å². The number of aryl methyl sites for hydroxylation is 2. The van der Waals surface area contributed by atoms with E-state index in [1.165, 1.54) is 84.7 Å². The summed E-state index contributed by atoms with van der Waals surface area (Å²) in [4.78, 5) is 0. The van der Waals surface area contributed by atoms with Gasteiger partial charge in [0.2, 0.25) is 0 Å². The zero-order valence-corrected chi connectivity index (χ0v) is 22.8. The number of benzene rings is 2. The van der Waals surface area contributed by atoms with E-state index < -0.39 is 0 Å². The number of halogens is 4. The van der Waals surface area contributed by atoms with Crippen molar-refractivity contribution in [2.75, 3.05) is 0 Å². The molecule has 0 atom stereocenters. The first-order valence-electron chi connectivity index (χ1n) is 10.2. The second-order valence-corrected chi connectivity index (χ2v) is 9.71. The molecule has 4 heteroatoms. The number of rotatable bonds is 13. The Morgan fingerprint density at radius 3 is 0.893 bits per heavy atom. The van der Waals surface area contributed by atoms with Crippen molar-refractivity contribution in [3.63, 3.8) is 0 Å². The fourth-order valence-electron chi connectivity index (χ4n) is 3.64. The van der Waals surface area contributed by atoms with Gasteiger partial charge in [-0.05, 0) is 59.1 Å². The molecule has 0 nitrogen and oxygen atoms in total. The predicted molar refractivity (Wildman–Crippen MR) is 139 cm³/mol. The molecule has 154 valence electrons. The van der Waals surface area contributed by atoms with Gasteiger partial charge in [-0.1, -0.05) is 126 Å². The summed E-state index contributed by atoms with van der Waals surface area (Å²) in [6.07, 6.45) is 10.4. The van der Waals surface area contributed by atoms with E-state index in [-0.39, 0.29) is 0 Å². The molecular formula is C24H30Br4. The van der Waals surface area contributed by atoms with Crippen LogP contribution in [-0.4, -0.2) is 0 Å². The Kier molecular flexibility index (Phi) is 12.6. The average molecular weight is 638 g/mol. The highest BCUT2D eigenvalue weighted by Crippen LogP contribution is 2.20. The fourth-order valence-corrected chi connectivity index (χ4v) is 4.94. The lowest BCUT2D eigenvalue weighted by atomic mass is 10.00. The predicted octanol–water partition coefficient (Wildman–Crippen LogP) is 9.39. The van der Waals surface area contributed by atoms with Crippen molar-refractivity contribution in [3.8, 4) is 0 Å². The number of unbranched alkanes of at least 4 members (excludes halogenated alkanes) is 5. The smallest absolute Gasteiger partial charge is 0.0283 e. The van der Waals surface area contributed by atoms with E-state index in [0.717, 1.165) is 21.3 Å². The summed E-state index contributed by atoms with van der Waals surface area (Å²) in [5.74, 6) is 0. The van der Waals surface area contributed by atoms with Crippen molar-refractivity contribution in [2.45, 2.75) is 72.7 Å². The Balaban J connectivity index is 1.62. The van der Waals surface area contributed by atoms with Crippen LogP contribution in [0.4, 0.5) is 0 Å². The highest BCUT2D eigenvalue weighted by atomic mass is 79.9. The second-order valence-electron chi connectivity index (χ2n) is 7.47. The Hall–Kier alpha value is 0.360. The molecule has 0 fully saturated rings. The monoisotopic (exact) mass is 634 g/mol. The van der Waals surface area contributed by atoms with Gasteiger partial charge < -0.3 is 0 Å². The minimum Gasteiger partial charge on any atom is -0.0876 e. The minimum atomic E-state index is 0.941. The van der Waals surface area contributed by atoms with E-state index in [1.807, 2.05) is 0 Å². The van der Waals surface area contributed by atoms with E-state index in [1.54, 1.807) is 0 Å². The van der Waals surface area contributed by atoms with Crippen LogP contribution in [0.1, 0.15) is 71.9 Å². The summed E-state index contributed by atoms with van der Waals surface area (Å²) in [6, 6.07) is 14.0. The lowest BCUT2D eigenvalue weighted by Crippen LogP contribution is -1.93. The molecule has 0 spiro atoms. The fraction of sp³-hybridized carbons (Fsp3) is 0.500. The highest BCUT2D eigenvalue weighted by molar-refractivity contribution is 9.09. The van der Waals surface area contributed by atoms with Gasteiger partial charge in [0, 0.05) is 21.3 Å². The molecule has 0 amide bonds. The quantitative estimate of drug-likeness (QED) is 0.152. The topological polar surface area (TPSA) is 0 Å². The van der Waals surface area contributed by atoms with Crippen molar-refractivity contribution in [1.82, 2.24) is 0 Å². The van der Waals surface area contributed by atoms with Crippen LogP contribution in [0.2, 0.25) is 0 Å². The molecule has 0 unspecified atom stereocenters. The summed E-state index contributed by atoms with van der Waals surface area (Å²) >= 11 is 14.3. The highest BCUT2D eigenvalue weighted by Gasteiger charge is 2.02. The minimum absolute atomic E-state index is 0.941. The van der Waals surface area contributed by atoms with E-state index in [9.17, 15) is 0 Å². The maximum absolute atomic E-state index is 3.58. The van der Waals surface area contributed by atoms with Crippen molar-refractivity contribution < 1.29 is 0 Å². The van der Waals surface area contributed by atoms with Crippen molar-refractivity contribution >= 4 is 63.7 Å². The summed E-state index contributed by atoms with van der Waals surface area (Å²) in [7, 11) is 0. The van der Waals surface area contributed by atoms with Crippen molar-refractivity contribution in [1.29, 1.82) is 0 Å². The summed E-state index contributed by atoms with van der Waals surface area (Å²) in [6.45, 7) is 0. The molecule has 2 rings (SSSR count). The van der Waals surface area contributed by atoms with Gasteiger partial charge in [-0.3, -0.25) is 0 Å². The molecule has 0 aliphatic carbocycles. The zero-order chi connectivity index (χ0) is 20.2. The van der Waals surface area contributed by atoms with Crippen LogP contribution in [0.15, 0.2) is 36.4 Å². The Bertz CT molecular complexity index is 606. The molecule has 0 radical (unpaired) electrons. The molecule has 0 N–H and O–H groups in total. The third-order valence-electron chi connectivity index (χ3n) is 5.02. The first-order chi connectivity index (χ1) is 13.7. The van der Waals surface area contributed by atoms with Crippen LogP contribution in [0.5, 0.6) is 0 Å². The SMILES string of the molecule is BrCc1cc(CBr)cc(CCCCCCCCc2cc(CBr)cc(CBr)c2)c1. The third kappa shape index (κ3) is 9.02. The lowest BCUT2D eigenvalue weighted by molar-refractivity contribution is 0.593. The van der Waals surface area contributed by atoms with E-state index in [4.69, 9.17) is 0 Å². The lowest BCUT2D eigenvalue weighted by Gasteiger charge is -2.08. The third-order valence-corrected chi connectivity index (χ3v) is 7.61. The molecular weight excluding hydrogens is 608 g/mol. The number of hydrogen-bond acceptors (Lipinski definition) is 0. The summed E-state index contributed by atoms with van der Waals surface area (Å²) in [5.41, 5.74) is 8.53. The van der Waals surface area contributed by atoms with Gasteiger partial charge in [0.05, 0.1) is 0 Å². The molecule has 0 saturated carbocycles. The van der Waals surface area contributed by atoms with Gasteiger partial charge >= 0.3 is 0 Å². The molecule has 0 aliphatic heterocycles. The van der Waals surface area contributed by atoms with Crippen LogP contribution in [-0.2, 0) is 34.2 Å². The van der Waals surface area contributed by atoms with Crippen LogP contribution in [0, 0.1) is 0 Å². The molecule has 0 heterocycles. The van der Waals surface area contributed by atoms with Gasteiger partial charge in [0.15, 0.2) is 0 Å². The summed E-state index contributed by atoms with van der Waals surface area (Å²) < 4.78 is 0. The molecule has 0 bridgehead atoms. The molecule has 0 aliphatic rings. The Labute approximate surface area is 204 Å². The zero-order valence-electron chi connectivity index (χ0n) is 16.5. The molecule has 0 aromatic heterocycles. The van der Waals surface area contributed by atoms with Gasteiger partial charge in [-0.2, -0.15) is 0 Å². The second kappa shape index (κ2) is 14.4. The number of alkyl halides is 4. The van der Waals surface area contributed by atoms with Crippen LogP contribution in [0.3, 0.4) is 0 Å². The van der Waals surface area contributed by atoms with Crippen molar-refractivity contribution in [2.24, 2.45) is 0 Å². The maximum atomic E-state index is 3.58. The molecule has 28 heavy (non-hydrogen) atoms. The van der Waals surface area contributed by atoms with Gasteiger partial charge in [-0.25, -0.2) is 0 Å². The van der Waals surface area contributed by atoms with Crippen LogP contribution >= 0.6 is 63.7 Å². The normalized spacial score (nSPS) is 11.1. The largest absolute Gasteiger partial charge is 0.0876 e. The first kappa shape index (κ1) is 24.6. The Morgan fingerprint density at radius 1 is 0.357 bits per heavy atom. The average Bonchev–Trinajstić information content (AvgIpc) is 2.74. The first-order valence-corrected chi connectivity index (χ1v) is 14.6. The standard InChI is InChI=1S/C24H30Br4/c25-15-21-9-19(10-22(13-21)16-26)7-5-3-1-2-4-6-8-20-11-23(17-27)14-24(12-20)18-28/h9-14H,1-8,15-18H2.